The molecule has 1 fully saturated rings. The van der Waals surface area contributed by atoms with E-state index in [0.29, 0.717) is 11.6 Å². The van der Waals surface area contributed by atoms with Crippen LogP contribution in [0.3, 0.4) is 0 Å². The third-order valence-electron chi connectivity index (χ3n) is 4.68. The monoisotopic (exact) mass is 329 g/mol. The lowest BCUT2D eigenvalue weighted by Crippen LogP contribution is -2.43. The van der Waals surface area contributed by atoms with Crippen LogP contribution in [-0.4, -0.2) is 34.7 Å². The van der Waals surface area contributed by atoms with Crippen molar-refractivity contribution >= 4 is 22.8 Å². The lowest BCUT2D eigenvalue weighted by atomic mass is 9.86. The van der Waals surface area contributed by atoms with Crippen LogP contribution in [0.25, 0.3) is 10.9 Å². The zero-order chi connectivity index (χ0) is 16.9. The van der Waals surface area contributed by atoms with Crippen molar-refractivity contribution < 1.29 is 14.3 Å². The molecule has 1 aromatic carbocycles. The van der Waals surface area contributed by atoms with Crippen LogP contribution in [0.15, 0.2) is 24.3 Å². The minimum atomic E-state index is -0.434. The Hall–Kier alpha value is -2.37. The summed E-state index contributed by atoms with van der Waals surface area (Å²) in [4.78, 5) is 23.9. The van der Waals surface area contributed by atoms with Crippen LogP contribution in [0.2, 0.25) is 0 Å². The molecular weight excluding hydrogens is 306 g/mol. The number of ether oxygens (including phenoxy) is 1. The predicted molar refractivity (Wildman–Crippen MR) is 90.3 cm³/mol. The van der Waals surface area contributed by atoms with Crippen LogP contribution >= 0.6 is 0 Å². The second kappa shape index (κ2) is 7.47. The first kappa shape index (κ1) is 16.5. The highest BCUT2D eigenvalue weighted by Crippen LogP contribution is 2.23. The average Bonchev–Trinajstić information content (AvgIpc) is 2.98. The van der Waals surface area contributed by atoms with Gasteiger partial charge in [-0.1, -0.05) is 38.0 Å². The molecule has 128 valence electrons. The van der Waals surface area contributed by atoms with E-state index in [0.717, 1.165) is 30.2 Å². The number of para-hydroxylation sites is 1. The summed E-state index contributed by atoms with van der Waals surface area (Å²) in [6.45, 7) is 1.92. The molecule has 0 bridgehead atoms. The first-order valence-corrected chi connectivity index (χ1v) is 8.50. The van der Waals surface area contributed by atoms with Gasteiger partial charge >= 0.3 is 5.97 Å². The van der Waals surface area contributed by atoms with Crippen LogP contribution < -0.4 is 5.32 Å². The number of benzene rings is 1. The van der Waals surface area contributed by atoms with Gasteiger partial charge in [0.1, 0.15) is 0 Å². The highest BCUT2D eigenvalue weighted by molar-refractivity contribution is 5.86. The molecule has 6 heteroatoms. The molecule has 0 unspecified atom stereocenters. The lowest BCUT2D eigenvalue weighted by Gasteiger charge is -2.29. The van der Waals surface area contributed by atoms with Crippen molar-refractivity contribution in [1.82, 2.24) is 15.5 Å². The minimum absolute atomic E-state index is 0.0770. The highest BCUT2D eigenvalue weighted by atomic mass is 16.5. The number of carbonyl (C=O) groups is 2. The van der Waals surface area contributed by atoms with Gasteiger partial charge in [0.15, 0.2) is 6.61 Å². The number of aromatic amines is 1. The molecule has 0 aliphatic heterocycles. The average molecular weight is 329 g/mol. The third-order valence-corrected chi connectivity index (χ3v) is 4.68. The number of hydrogen-bond donors (Lipinski definition) is 2. The zero-order valence-corrected chi connectivity index (χ0v) is 13.9. The maximum absolute atomic E-state index is 12.0. The van der Waals surface area contributed by atoms with Crippen LogP contribution in [0.5, 0.6) is 0 Å². The molecule has 1 heterocycles. The van der Waals surface area contributed by atoms with Crippen LogP contribution in [0.4, 0.5) is 0 Å². The van der Waals surface area contributed by atoms with E-state index in [-0.39, 0.29) is 25.0 Å². The SMILES string of the molecule is C[C@@H]1CCCC[C@H]1NC(=O)COC(=O)Cc1[nH]nc2ccccc12. The molecule has 2 atom stereocenters. The molecule has 0 saturated heterocycles. The van der Waals surface area contributed by atoms with Crippen molar-refractivity contribution in [2.75, 3.05) is 6.61 Å². The molecule has 1 saturated carbocycles. The lowest BCUT2D eigenvalue weighted by molar-refractivity contribution is -0.148. The number of nitrogens with one attached hydrogen (secondary N) is 2. The van der Waals surface area contributed by atoms with Crippen LogP contribution in [0.1, 0.15) is 38.3 Å². The Morgan fingerprint density at radius 3 is 2.92 bits per heavy atom. The van der Waals surface area contributed by atoms with E-state index in [4.69, 9.17) is 4.74 Å². The molecule has 1 aromatic heterocycles. The first-order valence-electron chi connectivity index (χ1n) is 8.50. The largest absolute Gasteiger partial charge is 0.455 e. The molecule has 0 spiro atoms. The van der Waals surface area contributed by atoms with Gasteiger partial charge in [0, 0.05) is 11.4 Å². The van der Waals surface area contributed by atoms with Crippen molar-refractivity contribution in [2.45, 2.75) is 45.1 Å². The van der Waals surface area contributed by atoms with E-state index in [2.05, 4.69) is 22.4 Å². The number of fused-ring (bicyclic) bond motifs is 1. The molecule has 0 radical (unpaired) electrons. The van der Waals surface area contributed by atoms with Gasteiger partial charge in [0.05, 0.1) is 17.6 Å². The van der Waals surface area contributed by atoms with Crippen LogP contribution in [-0.2, 0) is 20.7 Å². The summed E-state index contributed by atoms with van der Waals surface area (Å²) in [6, 6.07) is 7.76. The summed E-state index contributed by atoms with van der Waals surface area (Å²) in [5, 5.41) is 10.9. The Bertz CT molecular complexity index is 725. The maximum atomic E-state index is 12.0. The van der Waals surface area contributed by atoms with Crippen molar-refractivity contribution in [3.63, 3.8) is 0 Å². The van der Waals surface area contributed by atoms with Crippen molar-refractivity contribution in [1.29, 1.82) is 0 Å². The van der Waals surface area contributed by atoms with Gasteiger partial charge in [0.2, 0.25) is 0 Å². The molecule has 6 nitrogen and oxygen atoms in total. The minimum Gasteiger partial charge on any atom is -0.455 e. The Kier molecular flexibility index (Phi) is 5.13. The zero-order valence-electron chi connectivity index (χ0n) is 13.9. The maximum Gasteiger partial charge on any atom is 0.312 e. The van der Waals surface area contributed by atoms with Crippen LogP contribution in [0, 0.1) is 5.92 Å². The second-order valence-electron chi connectivity index (χ2n) is 6.49. The third kappa shape index (κ3) is 3.93. The summed E-state index contributed by atoms with van der Waals surface area (Å²) in [5.74, 6) is -0.178. The molecule has 3 rings (SSSR count). The van der Waals surface area contributed by atoms with Gasteiger partial charge in [-0.2, -0.15) is 5.10 Å². The molecule has 1 aliphatic carbocycles. The molecule has 2 N–H and O–H groups in total. The molecular formula is C18H23N3O3. The Morgan fingerprint density at radius 2 is 2.08 bits per heavy atom. The van der Waals surface area contributed by atoms with E-state index < -0.39 is 5.97 Å². The van der Waals surface area contributed by atoms with Gasteiger partial charge in [-0.15, -0.1) is 0 Å². The summed E-state index contributed by atoms with van der Waals surface area (Å²) in [5.41, 5.74) is 1.52. The molecule has 1 amide bonds. The number of esters is 1. The van der Waals surface area contributed by atoms with Crippen molar-refractivity contribution in [3.05, 3.63) is 30.0 Å². The fourth-order valence-electron chi connectivity index (χ4n) is 3.27. The fraction of sp³-hybridized carbons (Fsp3) is 0.500. The Balaban J connectivity index is 1.47. The Morgan fingerprint density at radius 1 is 1.29 bits per heavy atom. The topological polar surface area (TPSA) is 84.1 Å². The van der Waals surface area contributed by atoms with Gasteiger partial charge in [0.25, 0.3) is 5.91 Å². The van der Waals surface area contributed by atoms with E-state index >= 15 is 0 Å². The number of H-pyrrole nitrogens is 1. The number of nitrogens with zero attached hydrogens (tertiary/aromatic N) is 1. The normalized spacial score (nSPS) is 20.7. The number of hydrogen-bond acceptors (Lipinski definition) is 4. The Labute approximate surface area is 141 Å². The molecule has 24 heavy (non-hydrogen) atoms. The van der Waals surface area contributed by atoms with Gasteiger partial charge in [-0.05, 0) is 24.8 Å². The summed E-state index contributed by atoms with van der Waals surface area (Å²) < 4.78 is 5.10. The number of aromatic nitrogens is 2. The van der Waals surface area contributed by atoms with E-state index in [1.165, 1.54) is 6.42 Å². The quantitative estimate of drug-likeness (QED) is 0.825. The van der Waals surface area contributed by atoms with E-state index in [1.807, 2.05) is 24.3 Å². The first-order chi connectivity index (χ1) is 11.6. The van der Waals surface area contributed by atoms with Gasteiger partial charge in [-0.25, -0.2) is 0 Å². The van der Waals surface area contributed by atoms with Gasteiger partial charge < -0.3 is 10.1 Å². The fourth-order valence-corrected chi connectivity index (χ4v) is 3.27. The van der Waals surface area contributed by atoms with Gasteiger partial charge in [-0.3, -0.25) is 14.7 Å². The van der Waals surface area contributed by atoms with Crippen molar-refractivity contribution in [3.8, 4) is 0 Å². The van der Waals surface area contributed by atoms with E-state index in [1.54, 1.807) is 0 Å². The summed E-state index contributed by atoms with van der Waals surface area (Å²) >= 11 is 0. The molecule has 1 aliphatic rings. The highest BCUT2D eigenvalue weighted by Gasteiger charge is 2.23. The smallest absolute Gasteiger partial charge is 0.312 e. The summed E-state index contributed by atoms with van der Waals surface area (Å²) in [7, 11) is 0. The van der Waals surface area contributed by atoms with E-state index in [9.17, 15) is 9.59 Å². The predicted octanol–water partition coefficient (Wildman–Crippen LogP) is 2.34. The number of amides is 1. The van der Waals surface area contributed by atoms with Crippen molar-refractivity contribution in [2.24, 2.45) is 5.92 Å². The summed E-state index contributed by atoms with van der Waals surface area (Å²) in [6.07, 6.45) is 4.58. The second-order valence-corrected chi connectivity index (χ2v) is 6.49. The number of rotatable bonds is 5. The molecule has 2 aromatic rings. The number of carbonyl (C=O) groups excluding carboxylic acids is 2. The standard InChI is InChI=1S/C18H23N3O3/c1-12-6-2-4-8-14(12)19-17(22)11-24-18(23)10-16-13-7-3-5-9-15(13)20-21-16/h3,5,7,9,12,14H,2,4,6,8,10-11H2,1H3,(H,19,22)(H,20,21)/t12-,14-/m1/s1.